The lowest BCUT2D eigenvalue weighted by Crippen LogP contribution is -2.76. The third-order valence-electron chi connectivity index (χ3n) is 10.1. The number of aliphatic hydroxyl groups is 2. The van der Waals surface area contributed by atoms with E-state index in [-0.39, 0.29) is 52.8 Å². The molecule has 3 heterocycles. The number of hydrogen-bond acceptors (Lipinski definition) is 6. The zero-order valence-electron chi connectivity index (χ0n) is 17.1. The highest BCUT2D eigenvalue weighted by molar-refractivity contribution is 5.77. The highest BCUT2D eigenvalue weighted by Gasteiger charge is 2.84. The summed E-state index contributed by atoms with van der Waals surface area (Å²) in [6.45, 7) is 6.38. The van der Waals surface area contributed by atoms with Crippen LogP contribution in [0.5, 0.6) is 0 Å². The summed E-state index contributed by atoms with van der Waals surface area (Å²) in [7, 11) is 1.79. The van der Waals surface area contributed by atoms with Crippen LogP contribution in [0.4, 0.5) is 0 Å². The SMILES string of the molecule is CCN1C[C@]2(C)CC[C@H](OC)[C@@]34[C@H]5C[C@@H]6CC[C@@](O)(C5C(=O)O6)C([C@@H](O)[C@@H]23)[C@@H]14. The van der Waals surface area contributed by atoms with Gasteiger partial charge in [0.15, 0.2) is 0 Å². The zero-order chi connectivity index (χ0) is 19.6. The molecule has 7 rings (SSSR count). The average molecular weight is 392 g/mol. The molecule has 0 aromatic heterocycles. The summed E-state index contributed by atoms with van der Waals surface area (Å²) in [5.74, 6) is -0.969. The van der Waals surface area contributed by atoms with Gasteiger partial charge in [0.25, 0.3) is 0 Å². The number of methoxy groups -OCH3 is 1. The van der Waals surface area contributed by atoms with Gasteiger partial charge in [-0.05, 0) is 50.0 Å². The molecule has 7 aliphatic rings. The molecule has 0 aromatic carbocycles. The summed E-state index contributed by atoms with van der Waals surface area (Å²) in [4.78, 5) is 15.6. The third kappa shape index (κ3) is 1.68. The van der Waals surface area contributed by atoms with Crippen molar-refractivity contribution in [1.29, 1.82) is 0 Å². The Bertz CT molecular complexity index is 730. The van der Waals surface area contributed by atoms with E-state index in [0.29, 0.717) is 12.8 Å². The Hall–Kier alpha value is -0.690. The standard InChI is InChI=1S/C22H33NO5/c1-4-23-10-20(2)7-6-13(27-3)22-12-9-11-5-8-21(26,14(12)19(25)28-11)15(18(22)23)16(24)17(20)22/h11-18,24,26H,4-10H2,1-3H3/t11-,12-,13-,14?,15?,16+,17-,18+,20-,21+,22-/m0/s1. The van der Waals surface area contributed by atoms with Gasteiger partial charge in [0.1, 0.15) is 6.10 Å². The molecule has 9 bridgehead atoms. The van der Waals surface area contributed by atoms with Gasteiger partial charge in [-0.2, -0.15) is 0 Å². The molecular weight excluding hydrogens is 358 g/mol. The minimum absolute atomic E-state index is 0.0123. The van der Waals surface area contributed by atoms with Crippen LogP contribution in [0.3, 0.4) is 0 Å². The molecule has 7 fully saturated rings. The lowest BCUT2D eigenvalue weighted by atomic mass is 9.42. The number of esters is 1. The lowest BCUT2D eigenvalue weighted by molar-refractivity contribution is -0.269. The fourth-order valence-corrected chi connectivity index (χ4v) is 9.64. The zero-order valence-corrected chi connectivity index (χ0v) is 17.1. The number of carbonyl (C=O) groups excluding carboxylic acids is 1. The first-order chi connectivity index (χ1) is 13.3. The van der Waals surface area contributed by atoms with Gasteiger partial charge in [-0.1, -0.05) is 13.8 Å². The molecule has 6 nitrogen and oxygen atoms in total. The third-order valence-corrected chi connectivity index (χ3v) is 10.1. The molecule has 3 aliphatic heterocycles. The molecule has 28 heavy (non-hydrogen) atoms. The predicted molar refractivity (Wildman–Crippen MR) is 100 cm³/mol. The Morgan fingerprint density at radius 2 is 2.11 bits per heavy atom. The second-order valence-corrected chi connectivity index (χ2v) is 10.8. The van der Waals surface area contributed by atoms with E-state index in [4.69, 9.17) is 9.47 Å². The number of rotatable bonds is 2. The minimum Gasteiger partial charge on any atom is -0.462 e. The molecule has 2 N–H and O–H groups in total. The molecule has 2 unspecified atom stereocenters. The number of nitrogens with zero attached hydrogens (tertiary/aromatic N) is 1. The molecular formula is C22H33NO5. The molecule has 0 amide bonds. The topological polar surface area (TPSA) is 79.2 Å². The second kappa shape index (κ2) is 5.32. The number of hydrogen-bond donors (Lipinski definition) is 2. The maximum absolute atomic E-state index is 13.1. The Labute approximate surface area is 166 Å². The number of aliphatic hydroxyl groups excluding tert-OH is 1. The van der Waals surface area contributed by atoms with Gasteiger partial charge in [-0.25, -0.2) is 0 Å². The van der Waals surface area contributed by atoms with E-state index in [1.807, 2.05) is 0 Å². The van der Waals surface area contributed by atoms with Gasteiger partial charge in [0, 0.05) is 36.9 Å². The molecule has 0 radical (unpaired) electrons. The Kier molecular flexibility index (Phi) is 3.44. The van der Waals surface area contributed by atoms with E-state index in [0.717, 1.165) is 32.4 Å². The van der Waals surface area contributed by atoms with Gasteiger partial charge < -0.3 is 19.7 Å². The molecule has 11 atom stereocenters. The highest BCUT2D eigenvalue weighted by atomic mass is 16.5. The Balaban J connectivity index is 1.66. The second-order valence-electron chi connectivity index (χ2n) is 10.8. The van der Waals surface area contributed by atoms with Gasteiger partial charge in [-0.15, -0.1) is 0 Å². The fraction of sp³-hybridized carbons (Fsp3) is 0.955. The van der Waals surface area contributed by atoms with Crippen LogP contribution in [-0.2, 0) is 14.3 Å². The molecule has 3 saturated heterocycles. The quantitative estimate of drug-likeness (QED) is 0.689. The first-order valence-corrected chi connectivity index (χ1v) is 11.2. The van der Waals surface area contributed by atoms with Gasteiger partial charge in [0.2, 0.25) is 0 Å². The van der Waals surface area contributed by atoms with Crippen LogP contribution in [0.2, 0.25) is 0 Å². The van der Waals surface area contributed by atoms with Crippen LogP contribution in [0.25, 0.3) is 0 Å². The largest absolute Gasteiger partial charge is 0.462 e. The summed E-state index contributed by atoms with van der Waals surface area (Å²) in [6.07, 6.45) is 3.38. The van der Waals surface area contributed by atoms with Gasteiger partial charge in [0.05, 0.1) is 23.7 Å². The van der Waals surface area contributed by atoms with E-state index < -0.39 is 17.6 Å². The molecule has 0 aromatic rings. The van der Waals surface area contributed by atoms with Crippen LogP contribution >= 0.6 is 0 Å². The van der Waals surface area contributed by atoms with Crippen LogP contribution in [0.1, 0.15) is 46.0 Å². The molecule has 6 heteroatoms. The first-order valence-electron chi connectivity index (χ1n) is 11.2. The number of carbonyl (C=O) groups is 1. The number of piperidine rings is 1. The Morgan fingerprint density at radius 1 is 1.32 bits per heavy atom. The normalized spacial score (nSPS) is 61.8. The Morgan fingerprint density at radius 3 is 2.82 bits per heavy atom. The maximum atomic E-state index is 13.1. The van der Waals surface area contributed by atoms with Crippen LogP contribution in [0, 0.1) is 34.5 Å². The van der Waals surface area contributed by atoms with E-state index in [1.165, 1.54) is 0 Å². The molecule has 1 spiro atoms. The van der Waals surface area contributed by atoms with E-state index in [2.05, 4.69) is 18.7 Å². The average Bonchev–Trinajstić information content (AvgIpc) is 2.73. The highest BCUT2D eigenvalue weighted by Crippen LogP contribution is 2.77. The predicted octanol–water partition coefficient (Wildman–Crippen LogP) is 1.19. The van der Waals surface area contributed by atoms with Crippen molar-refractivity contribution < 1.29 is 24.5 Å². The van der Waals surface area contributed by atoms with Crippen LogP contribution in [-0.4, -0.2) is 71.2 Å². The number of ether oxygens (including phenoxy) is 2. The van der Waals surface area contributed by atoms with E-state index >= 15 is 0 Å². The summed E-state index contributed by atoms with van der Waals surface area (Å²) >= 11 is 0. The smallest absolute Gasteiger partial charge is 0.312 e. The van der Waals surface area contributed by atoms with Crippen molar-refractivity contribution in [2.24, 2.45) is 34.5 Å². The summed E-state index contributed by atoms with van der Waals surface area (Å²) < 4.78 is 11.9. The van der Waals surface area contributed by atoms with Crippen LogP contribution < -0.4 is 0 Å². The van der Waals surface area contributed by atoms with E-state index in [9.17, 15) is 15.0 Å². The first kappa shape index (κ1) is 18.1. The van der Waals surface area contributed by atoms with Crippen LogP contribution in [0.15, 0.2) is 0 Å². The van der Waals surface area contributed by atoms with Crippen molar-refractivity contribution in [2.45, 2.75) is 75.9 Å². The molecule has 156 valence electrons. The maximum Gasteiger partial charge on any atom is 0.312 e. The van der Waals surface area contributed by atoms with Crippen molar-refractivity contribution in [1.82, 2.24) is 4.90 Å². The van der Waals surface area contributed by atoms with Gasteiger partial charge >= 0.3 is 5.97 Å². The minimum atomic E-state index is -1.17. The van der Waals surface area contributed by atoms with Crippen molar-refractivity contribution in [2.75, 3.05) is 20.2 Å². The van der Waals surface area contributed by atoms with Gasteiger partial charge in [-0.3, -0.25) is 9.69 Å². The molecule has 4 aliphatic carbocycles. The summed E-state index contributed by atoms with van der Waals surface area (Å²) in [6, 6.07) is 0.0757. The van der Waals surface area contributed by atoms with Crippen molar-refractivity contribution in [3.05, 3.63) is 0 Å². The van der Waals surface area contributed by atoms with Crippen molar-refractivity contribution >= 4 is 5.97 Å². The summed E-state index contributed by atoms with van der Waals surface area (Å²) in [5.41, 5.74) is -1.46. The lowest BCUT2D eigenvalue weighted by Gasteiger charge is -2.69. The van der Waals surface area contributed by atoms with E-state index in [1.54, 1.807) is 7.11 Å². The monoisotopic (exact) mass is 391 g/mol. The number of likely N-dealkylation sites (tertiary alicyclic amines) is 1. The summed E-state index contributed by atoms with van der Waals surface area (Å²) in [5, 5.41) is 23.9. The van der Waals surface area contributed by atoms with Crippen molar-refractivity contribution in [3.63, 3.8) is 0 Å². The molecule has 4 saturated carbocycles. The fourth-order valence-electron chi connectivity index (χ4n) is 9.64. The van der Waals surface area contributed by atoms with Crippen molar-refractivity contribution in [3.8, 4) is 0 Å². The number of fused-ring (bicyclic) bond motifs is 2.